The third kappa shape index (κ3) is 4.44. The molecular weight excluding hydrogens is 308 g/mol. The zero-order valence-electron chi connectivity index (χ0n) is 14.2. The average molecular weight is 330 g/mol. The van der Waals surface area contributed by atoms with Gasteiger partial charge in [-0.2, -0.15) is 0 Å². The Morgan fingerprint density at radius 2 is 1.92 bits per heavy atom. The first kappa shape index (κ1) is 17.7. The lowest BCUT2D eigenvalue weighted by molar-refractivity contribution is -0.137. The van der Waals surface area contributed by atoms with Gasteiger partial charge in [-0.05, 0) is 25.0 Å². The first-order valence-corrected chi connectivity index (χ1v) is 7.92. The van der Waals surface area contributed by atoms with Crippen LogP contribution in [0.2, 0.25) is 0 Å². The molecule has 128 valence electrons. The van der Waals surface area contributed by atoms with Crippen LogP contribution < -0.4 is 0 Å². The van der Waals surface area contributed by atoms with Crippen molar-refractivity contribution in [1.82, 2.24) is 9.88 Å². The van der Waals surface area contributed by atoms with Gasteiger partial charge in [-0.1, -0.05) is 32.0 Å². The van der Waals surface area contributed by atoms with Gasteiger partial charge >= 0.3 is 5.97 Å². The second-order valence-corrected chi connectivity index (χ2v) is 6.08. The summed E-state index contributed by atoms with van der Waals surface area (Å²) in [6.07, 6.45) is -0.0963. The van der Waals surface area contributed by atoms with Gasteiger partial charge in [0.05, 0.1) is 6.42 Å². The summed E-state index contributed by atoms with van der Waals surface area (Å²) in [6, 6.07) is 9.34. The Kier molecular flexibility index (Phi) is 5.73. The molecule has 1 aromatic carbocycles. The standard InChI is InChI=1S/C18H22N2O4/c1-12(2)11-20(10-9-15(21)22)18(23)16-13(3)24-17(19-16)14-7-5-4-6-8-14/h4-8,12H,9-11H2,1-3H3,(H,21,22). The topological polar surface area (TPSA) is 83.6 Å². The maximum Gasteiger partial charge on any atom is 0.305 e. The summed E-state index contributed by atoms with van der Waals surface area (Å²) in [5.41, 5.74) is 1.03. The first-order valence-electron chi connectivity index (χ1n) is 7.92. The summed E-state index contributed by atoms with van der Waals surface area (Å²) < 4.78 is 5.63. The number of amides is 1. The van der Waals surface area contributed by atoms with E-state index in [4.69, 9.17) is 9.52 Å². The number of aliphatic carboxylic acids is 1. The number of carbonyl (C=O) groups excluding carboxylic acids is 1. The van der Waals surface area contributed by atoms with Gasteiger partial charge in [0.15, 0.2) is 5.69 Å². The quantitative estimate of drug-likeness (QED) is 0.842. The Bertz CT molecular complexity index is 707. The summed E-state index contributed by atoms with van der Waals surface area (Å²) in [7, 11) is 0. The number of aryl methyl sites for hydroxylation is 1. The van der Waals surface area contributed by atoms with Crippen LogP contribution in [0.3, 0.4) is 0 Å². The predicted molar refractivity (Wildman–Crippen MR) is 89.7 cm³/mol. The number of hydrogen-bond donors (Lipinski definition) is 1. The molecule has 0 aliphatic carbocycles. The highest BCUT2D eigenvalue weighted by atomic mass is 16.4. The number of nitrogens with zero attached hydrogens (tertiary/aromatic N) is 2. The number of carbonyl (C=O) groups is 2. The van der Waals surface area contributed by atoms with Crippen LogP contribution in [0.1, 0.15) is 36.5 Å². The third-order valence-electron chi connectivity index (χ3n) is 3.49. The Balaban J connectivity index is 2.25. The fourth-order valence-corrected chi connectivity index (χ4v) is 2.40. The number of carboxylic acid groups (broad SMARTS) is 1. The summed E-state index contributed by atoms with van der Waals surface area (Å²) in [5, 5.41) is 8.88. The number of rotatable bonds is 7. The molecule has 0 saturated heterocycles. The lowest BCUT2D eigenvalue weighted by Gasteiger charge is -2.23. The highest BCUT2D eigenvalue weighted by Gasteiger charge is 2.24. The Morgan fingerprint density at radius 1 is 1.25 bits per heavy atom. The van der Waals surface area contributed by atoms with E-state index in [0.29, 0.717) is 18.2 Å². The van der Waals surface area contributed by atoms with Crippen LogP contribution >= 0.6 is 0 Å². The first-order chi connectivity index (χ1) is 11.4. The minimum atomic E-state index is -0.932. The average Bonchev–Trinajstić information content (AvgIpc) is 2.93. The van der Waals surface area contributed by atoms with Crippen molar-refractivity contribution >= 4 is 11.9 Å². The predicted octanol–water partition coefficient (Wildman–Crippen LogP) is 3.22. The minimum Gasteiger partial charge on any atom is -0.481 e. The number of benzene rings is 1. The molecule has 6 heteroatoms. The van der Waals surface area contributed by atoms with E-state index in [-0.39, 0.29) is 30.5 Å². The summed E-state index contributed by atoms with van der Waals surface area (Å²) in [6.45, 7) is 6.27. The lowest BCUT2D eigenvalue weighted by Crippen LogP contribution is -2.36. The van der Waals surface area contributed by atoms with Crippen LogP contribution in [0.4, 0.5) is 0 Å². The van der Waals surface area contributed by atoms with E-state index in [1.54, 1.807) is 6.92 Å². The molecule has 0 aliphatic heterocycles. The minimum absolute atomic E-state index is 0.0963. The van der Waals surface area contributed by atoms with Crippen molar-refractivity contribution in [3.05, 3.63) is 41.8 Å². The van der Waals surface area contributed by atoms with E-state index < -0.39 is 5.97 Å². The Labute approximate surface area is 141 Å². The Morgan fingerprint density at radius 3 is 2.50 bits per heavy atom. The molecular formula is C18H22N2O4. The van der Waals surface area contributed by atoms with E-state index >= 15 is 0 Å². The lowest BCUT2D eigenvalue weighted by atomic mass is 10.2. The largest absolute Gasteiger partial charge is 0.481 e. The van der Waals surface area contributed by atoms with E-state index in [0.717, 1.165) is 5.56 Å². The maximum atomic E-state index is 12.8. The molecule has 6 nitrogen and oxygen atoms in total. The maximum absolute atomic E-state index is 12.8. The van der Waals surface area contributed by atoms with Crippen LogP contribution in [-0.2, 0) is 4.79 Å². The number of hydrogen-bond acceptors (Lipinski definition) is 4. The van der Waals surface area contributed by atoms with Crippen LogP contribution in [0.25, 0.3) is 11.5 Å². The van der Waals surface area contributed by atoms with Gasteiger partial charge in [0, 0.05) is 18.7 Å². The molecule has 0 saturated carbocycles. The summed E-state index contributed by atoms with van der Waals surface area (Å²) in [5.74, 6) is -0.183. The molecule has 0 bridgehead atoms. The van der Waals surface area contributed by atoms with E-state index in [9.17, 15) is 9.59 Å². The van der Waals surface area contributed by atoms with E-state index in [1.165, 1.54) is 4.90 Å². The zero-order valence-corrected chi connectivity index (χ0v) is 14.2. The van der Waals surface area contributed by atoms with Crippen molar-refractivity contribution in [3.8, 4) is 11.5 Å². The molecule has 2 rings (SSSR count). The molecule has 1 aromatic heterocycles. The second-order valence-electron chi connectivity index (χ2n) is 6.08. The van der Waals surface area contributed by atoms with Crippen molar-refractivity contribution in [3.63, 3.8) is 0 Å². The van der Waals surface area contributed by atoms with Crippen LogP contribution in [0.5, 0.6) is 0 Å². The van der Waals surface area contributed by atoms with Gasteiger partial charge in [0.1, 0.15) is 5.76 Å². The van der Waals surface area contributed by atoms with Gasteiger partial charge in [-0.3, -0.25) is 9.59 Å². The van der Waals surface area contributed by atoms with Gasteiger partial charge in [0.2, 0.25) is 5.89 Å². The van der Waals surface area contributed by atoms with Crippen LogP contribution in [0.15, 0.2) is 34.7 Å². The third-order valence-corrected chi connectivity index (χ3v) is 3.49. The van der Waals surface area contributed by atoms with Crippen molar-refractivity contribution in [2.75, 3.05) is 13.1 Å². The van der Waals surface area contributed by atoms with Gasteiger partial charge in [0.25, 0.3) is 5.91 Å². The normalized spacial score (nSPS) is 10.8. The van der Waals surface area contributed by atoms with E-state index in [2.05, 4.69) is 4.98 Å². The fraction of sp³-hybridized carbons (Fsp3) is 0.389. The van der Waals surface area contributed by atoms with E-state index in [1.807, 2.05) is 44.2 Å². The molecule has 0 atom stereocenters. The molecule has 24 heavy (non-hydrogen) atoms. The van der Waals surface area contributed by atoms with Crippen molar-refractivity contribution in [2.24, 2.45) is 5.92 Å². The van der Waals surface area contributed by atoms with Crippen LogP contribution in [0, 0.1) is 12.8 Å². The molecule has 0 aliphatic rings. The van der Waals surface area contributed by atoms with Gasteiger partial charge in [-0.25, -0.2) is 4.98 Å². The Hall–Kier alpha value is -2.63. The van der Waals surface area contributed by atoms with Crippen molar-refractivity contribution in [1.29, 1.82) is 0 Å². The molecule has 0 unspecified atom stereocenters. The highest BCUT2D eigenvalue weighted by molar-refractivity contribution is 5.94. The molecule has 1 amide bonds. The molecule has 2 aromatic rings. The highest BCUT2D eigenvalue weighted by Crippen LogP contribution is 2.22. The number of carboxylic acids is 1. The molecule has 0 fully saturated rings. The number of oxazole rings is 1. The molecule has 0 radical (unpaired) electrons. The van der Waals surface area contributed by atoms with Crippen LogP contribution in [-0.4, -0.2) is 40.0 Å². The SMILES string of the molecule is Cc1oc(-c2ccccc2)nc1C(=O)N(CCC(=O)O)CC(C)C. The van der Waals surface area contributed by atoms with Gasteiger partial charge < -0.3 is 14.4 Å². The monoisotopic (exact) mass is 330 g/mol. The van der Waals surface area contributed by atoms with Crippen molar-refractivity contribution in [2.45, 2.75) is 27.2 Å². The second kappa shape index (κ2) is 7.77. The summed E-state index contributed by atoms with van der Waals surface area (Å²) >= 11 is 0. The molecule has 0 spiro atoms. The molecule has 1 N–H and O–H groups in total. The zero-order chi connectivity index (χ0) is 17.7. The molecule has 1 heterocycles. The van der Waals surface area contributed by atoms with Gasteiger partial charge in [-0.15, -0.1) is 0 Å². The number of aromatic nitrogens is 1. The van der Waals surface area contributed by atoms with Crippen molar-refractivity contribution < 1.29 is 19.1 Å². The summed E-state index contributed by atoms with van der Waals surface area (Å²) in [4.78, 5) is 29.5. The smallest absolute Gasteiger partial charge is 0.305 e. The fourth-order valence-electron chi connectivity index (χ4n) is 2.40.